The molecular formula is C21H32O3. The molecule has 24 heavy (non-hydrogen) atoms. The van der Waals surface area contributed by atoms with Crippen molar-refractivity contribution < 1.29 is 14.7 Å². The van der Waals surface area contributed by atoms with E-state index in [0.717, 1.165) is 44.9 Å². The molecule has 0 heterocycles. The lowest BCUT2D eigenvalue weighted by atomic mass is 9.44. The van der Waals surface area contributed by atoms with E-state index in [0.29, 0.717) is 41.7 Å². The number of hydrogen-bond acceptors (Lipinski definition) is 3. The van der Waals surface area contributed by atoms with E-state index < -0.39 is 0 Å². The zero-order valence-corrected chi connectivity index (χ0v) is 15.4. The summed E-state index contributed by atoms with van der Waals surface area (Å²) in [4.78, 5) is 24.1. The van der Waals surface area contributed by atoms with Crippen LogP contribution in [0.25, 0.3) is 0 Å². The van der Waals surface area contributed by atoms with Crippen LogP contribution in [0.3, 0.4) is 0 Å². The number of aliphatic hydroxyl groups is 1. The Morgan fingerprint density at radius 2 is 1.88 bits per heavy atom. The third-order valence-electron chi connectivity index (χ3n) is 8.90. The zero-order chi connectivity index (χ0) is 17.3. The summed E-state index contributed by atoms with van der Waals surface area (Å²) in [7, 11) is 0. The second-order valence-electron chi connectivity index (χ2n) is 9.84. The van der Waals surface area contributed by atoms with Crippen LogP contribution in [0.4, 0.5) is 0 Å². The maximum atomic E-state index is 12.2. The van der Waals surface area contributed by atoms with E-state index in [-0.39, 0.29) is 22.9 Å². The largest absolute Gasteiger partial charge is 0.393 e. The summed E-state index contributed by atoms with van der Waals surface area (Å²) in [6.07, 6.45) is 7.27. The van der Waals surface area contributed by atoms with Gasteiger partial charge in [-0.25, -0.2) is 0 Å². The highest BCUT2D eigenvalue weighted by atomic mass is 16.3. The van der Waals surface area contributed by atoms with Gasteiger partial charge in [-0.15, -0.1) is 0 Å². The van der Waals surface area contributed by atoms with Crippen LogP contribution in [0.1, 0.15) is 72.1 Å². The minimum absolute atomic E-state index is 0.0138. The Morgan fingerprint density at radius 3 is 2.58 bits per heavy atom. The Hall–Kier alpha value is -0.700. The molecule has 4 unspecified atom stereocenters. The zero-order valence-electron chi connectivity index (χ0n) is 15.4. The Morgan fingerprint density at radius 1 is 1.12 bits per heavy atom. The molecule has 8 atom stereocenters. The SMILES string of the molecule is CC(=O)[C@H]1CCC2C3CCC4CC(=O)CC[C@]4(C)C3[C@@H](O)C[C@@]21C. The van der Waals surface area contributed by atoms with E-state index in [4.69, 9.17) is 0 Å². The van der Waals surface area contributed by atoms with Crippen LogP contribution < -0.4 is 0 Å². The van der Waals surface area contributed by atoms with Crippen LogP contribution in [-0.2, 0) is 9.59 Å². The minimum atomic E-state index is -0.308. The maximum absolute atomic E-state index is 12.2. The van der Waals surface area contributed by atoms with Gasteiger partial charge in [0.05, 0.1) is 6.10 Å². The van der Waals surface area contributed by atoms with Crippen molar-refractivity contribution in [1.29, 1.82) is 0 Å². The first-order valence-electron chi connectivity index (χ1n) is 9.97. The van der Waals surface area contributed by atoms with Gasteiger partial charge in [-0.2, -0.15) is 0 Å². The first-order valence-corrected chi connectivity index (χ1v) is 9.97. The normalized spacial score (nSPS) is 53.9. The summed E-state index contributed by atoms with van der Waals surface area (Å²) >= 11 is 0. The predicted octanol–water partition coefficient (Wildman–Crippen LogP) is 3.77. The van der Waals surface area contributed by atoms with Crippen molar-refractivity contribution in [3.63, 3.8) is 0 Å². The van der Waals surface area contributed by atoms with Gasteiger partial charge in [-0.05, 0) is 80.0 Å². The molecule has 4 rings (SSSR count). The average Bonchev–Trinajstić information content (AvgIpc) is 2.84. The van der Waals surface area contributed by atoms with Gasteiger partial charge in [-0.1, -0.05) is 13.8 Å². The fraction of sp³-hybridized carbons (Fsp3) is 0.905. The van der Waals surface area contributed by atoms with Crippen molar-refractivity contribution in [2.75, 3.05) is 0 Å². The molecule has 0 saturated heterocycles. The molecule has 4 aliphatic rings. The first kappa shape index (κ1) is 16.8. The van der Waals surface area contributed by atoms with E-state index in [2.05, 4.69) is 13.8 Å². The molecule has 4 saturated carbocycles. The fourth-order valence-electron chi connectivity index (χ4n) is 7.84. The number of carbonyl (C=O) groups is 2. The number of rotatable bonds is 1. The van der Waals surface area contributed by atoms with E-state index in [1.807, 2.05) is 0 Å². The first-order chi connectivity index (χ1) is 11.3. The van der Waals surface area contributed by atoms with Crippen LogP contribution in [0.5, 0.6) is 0 Å². The molecule has 3 nitrogen and oxygen atoms in total. The lowest BCUT2D eigenvalue weighted by Gasteiger charge is -2.61. The Kier molecular flexibility index (Phi) is 3.77. The molecule has 1 N–H and O–H groups in total. The van der Waals surface area contributed by atoms with Crippen LogP contribution >= 0.6 is 0 Å². The quantitative estimate of drug-likeness (QED) is 0.795. The number of hydrogen-bond donors (Lipinski definition) is 1. The highest BCUT2D eigenvalue weighted by Crippen LogP contribution is 2.67. The van der Waals surface area contributed by atoms with Crippen molar-refractivity contribution in [2.24, 2.45) is 40.4 Å². The number of carbonyl (C=O) groups excluding carboxylic acids is 2. The monoisotopic (exact) mass is 332 g/mol. The molecule has 4 fully saturated rings. The molecule has 0 aromatic carbocycles. The minimum Gasteiger partial charge on any atom is -0.393 e. The standard InChI is InChI=1S/C21H32O3/c1-12(22)16-6-7-17-15-5-4-13-10-14(23)8-9-20(13,2)19(15)18(24)11-21(16,17)3/h13,15-19,24H,4-11H2,1-3H3/t13?,15?,16-,17?,18+,19?,20+,21-/m1/s1. The maximum Gasteiger partial charge on any atom is 0.133 e. The van der Waals surface area contributed by atoms with Crippen molar-refractivity contribution in [2.45, 2.75) is 78.2 Å². The van der Waals surface area contributed by atoms with Gasteiger partial charge in [0.2, 0.25) is 0 Å². The van der Waals surface area contributed by atoms with Gasteiger partial charge < -0.3 is 5.11 Å². The average molecular weight is 332 g/mol. The van der Waals surface area contributed by atoms with Crippen LogP contribution in [0.2, 0.25) is 0 Å². The second kappa shape index (κ2) is 5.40. The van der Waals surface area contributed by atoms with Gasteiger partial charge in [0.1, 0.15) is 11.6 Å². The fourth-order valence-corrected chi connectivity index (χ4v) is 7.84. The molecule has 0 amide bonds. The summed E-state index contributed by atoms with van der Waals surface area (Å²) in [5, 5.41) is 11.2. The molecule has 0 bridgehead atoms. The van der Waals surface area contributed by atoms with Gasteiger partial charge in [0.25, 0.3) is 0 Å². The van der Waals surface area contributed by atoms with Gasteiger partial charge >= 0.3 is 0 Å². The summed E-state index contributed by atoms with van der Waals surface area (Å²) in [6, 6.07) is 0. The Bertz CT molecular complexity index is 569. The summed E-state index contributed by atoms with van der Waals surface area (Å²) < 4.78 is 0. The number of fused-ring (bicyclic) bond motifs is 5. The van der Waals surface area contributed by atoms with Crippen molar-refractivity contribution in [3.8, 4) is 0 Å². The number of ketones is 2. The molecule has 0 spiro atoms. The second-order valence-corrected chi connectivity index (χ2v) is 9.84. The number of Topliss-reactive ketones (excluding diaryl/α,β-unsaturated/α-hetero) is 2. The molecule has 0 aromatic rings. The summed E-state index contributed by atoms with van der Waals surface area (Å²) in [5.41, 5.74) is 0.103. The highest BCUT2D eigenvalue weighted by Gasteiger charge is 2.63. The Labute approximate surface area is 145 Å². The van der Waals surface area contributed by atoms with E-state index in [1.54, 1.807) is 6.92 Å². The van der Waals surface area contributed by atoms with E-state index in [9.17, 15) is 14.7 Å². The lowest BCUT2D eigenvalue weighted by molar-refractivity contribution is -0.173. The van der Waals surface area contributed by atoms with Crippen LogP contribution in [0, 0.1) is 40.4 Å². The molecule has 3 heteroatoms. The Balaban J connectivity index is 1.68. The number of aliphatic hydroxyl groups excluding tert-OH is 1. The lowest BCUT2D eigenvalue weighted by Crippen LogP contribution is -2.59. The van der Waals surface area contributed by atoms with Crippen LogP contribution in [0.15, 0.2) is 0 Å². The van der Waals surface area contributed by atoms with E-state index in [1.165, 1.54) is 0 Å². The molecule has 0 aromatic heterocycles. The van der Waals surface area contributed by atoms with Gasteiger partial charge in [0.15, 0.2) is 0 Å². The third-order valence-corrected chi connectivity index (χ3v) is 8.90. The molecular weight excluding hydrogens is 300 g/mol. The topological polar surface area (TPSA) is 54.4 Å². The predicted molar refractivity (Wildman–Crippen MR) is 92.3 cm³/mol. The molecule has 0 radical (unpaired) electrons. The highest BCUT2D eigenvalue weighted by molar-refractivity contribution is 5.80. The van der Waals surface area contributed by atoms with Gasteiger partial charge in [0, 0.05) is 18.8 Å². The van der Waals surface area contributed by atoms with Crippen molar-refractivity contribution in [3.05, 3.63) is 0 Å². The third kappa shape index (κ3) is 2.12. The molecule has 4 aliphatic carbocycles. The summed E-state index contributed by atoms with van der Waals surface area (Å²) in [5.74, 6) is 2.78. The summed E-state index contributed by atoms with van der Waals surface area (Å²) in [6.45, 7) is 6.36. The molecule has 0 aliphatic heterocycles. The van der Waals surface area contributed by atoms with Crippen molar-refractivity contribution in [1.82, 2.24) is 0 Å². The van der Waals surface area contributed by atoms with E-state index >= 15 is 0 Å². The van der Waals surface area contributed by atoms with Crippen LogP contribution in [-0.4, -0.2) is 22.8 Å². The molecule has 134 valence electrons. The smallest absolute Gasteiger partial charge is 0.133 e. The van der Waals surface area contributed by atoms with Gasteiger partial charge in [-0.3, -0.25) is 9.59 Å². The van der Waals surface area contributed by atoms with Crippen molar-refractivity contribution >= 4 is 11.6 Å².